The molecule has 0 aliphatic carbocycles. The number of amides is 1. The molecule has 2 fully saturated rings. The number of nitrogens with zero attached hydrogens (tertiary/aromatic N) is 7. The second-order valence-electron chi connectivity index (χ2n) is 15.0. The van der Waals surface area contributed by atoms with E-state index in [-0.39, 0.29) is 23.3 Å². The van der Waals surface area contributed by atoms with Crippen LogP contribution >= 0.6 is 0 Å². The normalized spacial score (nSPS) is 15.2. The maximum absolute atomic E-state index is 12.6. The van der Waals surface area contributed by atoms with Crippen LogP contribution in [0.15, 0.2) is 84.9 Å². The zero-order valence-electron chi connectivity index (χ0n) is 32.5. The Morgan fingerprint density at radius 1 is 0.661 bits per heavy atom. The molecule has 2 aromatic heterocycles. The first-order valence-corrected chi connectivity index (χ1v) is 19.4. The molecular weight excluding hydrogens is 705 g/mol. The van der Waals surface area contributed by atoms with Gasteiger partial charge in [-0.25, -0.2) is 19.9 Å². The van der Waals surface area contributed by atoms with Gasteiger partial charge in [-0.1, -0.05) is 50.2 Å². The number of carbonyl (C=O) groups excluding carboxylic acids is 1. The molecule has 6 aromatic rings. The van der Waals surface area contributed by atoms with Crippen LogP contribution in [0.2, 0.25) is 0 Å². The number of phenolic OH excluding ortho intramolecular Hbond substituents is 2. The summed E-state index contributed by atoms with van der Waals surface area (Å²) in [5.41, 5.74) is 5.24. The number of hydrogen-bond acceptors (Lipinski definition) is 11. The molecule has 0 radical (unpaired) electrons. The van der Waals surface area contributed by atoms with Gasteiger partial charge in [-0.2, -0.15) is 0 Å². The Labute approximate surface area is 327 Å². The fourth-order valence-electron chi connectivity index (χ4n) is 7.27. The van der Waals surface area contributed by atoms with Gasteiger partial charge in [0, 0.05) is 63.1 Å². The number of benzene rings is 4. The Morgan fingerprint density at radius 2 is 1.12 bits per heavy atom. The maximum Gasteiger partial charge on any atom is 0.251 e. The molecule has 2 saturated heterocycles. The van der Waals surface area contributed by atoms with E-state index in [4.69, 9.17) is 19.9 Å². The third kappa shape index (κ3) is 8.51. The number of rotatable bonds is 7. The highest BCUT2D eigenvalue weighted by molar-refractivity contribution is 5.93. The SMILES string of the molecule is Cc1ccc2c(N3CCN(C(=O)[C@@H](O)CC(C)C)CC3)nc(-c3ccccc3O)nc2c1.Cc1ccc2c(N3CCNCC3)nc(-c3ccccc3O)nc2c1. The summed E-state index contributed by atoms with van der Waals surface area (Å²) < 4.78 is 0. The molecule has 8 rings (SSSR count). The number of hydrogen-bond donors (Lipinski definition) is 4. The van der Waals surface area contributed by atoms with E-state index in [1.54, 1.807) is 29.2 Å². The molecule has 4 aromatic carbocycles. The van der Waals surface area contributed by atoms with Gasteiger partial charge in [0.05, 0.1) is 22.2 Å². The van der Waals surface area contributed by atoms with E-state index in [1.165, 1.54) is 0 Å². The molecule has 1 atom stereocenters. The number of aryl methyl sites for hydroxylation is 2. The van der Waals surface area contributed by atoms with E-state index in [0.717, 1.165) is 70.7 Å². The van der Waals surface area contributed by atoms with E-state index < -0.39 is 6.10 Å². The fraction of sp³-hybridized carbons (Fsp3) is 0.341. The summed E-state index contributed by atoms with van der Waals surface area (Å²) in [6.07, 6.45) is -0.476. The van der Waals surface area contributed by atoms with Gasteiger partial charge < -0.3 is 35.3 Å². The first-order chi connectivity index (χ1) is 27.0. The quantitative estimate of drug-likeness (QED) is 0.150. The average molecular weight is 755 g/mol. The van der Waals surface area contributed by atoms with Crippen LogP contribution in [0.5, 0.6) is 11.5 Å². The van der Waals surface area contributed by atoms with Crippen molar-refractivity contribution in [2.75, 3.05) is 62.2 Å². The van der Waals surface area contributed by atoms with Crippen LogP contribution in [0, 0.1) is 19.8 Å². The Bertz CT molecular complexity index is 2340. The van der Waals surface area contributed by atoms with Gasteiger partial charge in [0.1, 0.15) is 29.2 Å². The Balaban J connectivity index is 0.000000178. The number of anilines is 2. The van der Waals surface area contributed by atoms with Crippen LogP contribution in [-0.4, -0.2) is 105 Å². The molecule has 0 unspecified atom stereocenters. The van der Waals surface area contributed by atoms with Crippen molar-refractivity contribution in [2.45, 2.75) is 40.2 Å². The number of aliphatic hydroxyl groups excluding tert-OH is 1. The van der Waals surface area contributed by atoms with Gasteiger partial charge in [0.15, 0.2) is 11.6 Å². The molecule has 2 aliphatic rings. The number of carbonyl (C=O) groups is 1. The van der Waals surface area contributed by atoms with Gasteiger partial charge in [0.2, 0.25) is 0 Å². The molecule has 4 N–H and O–H groups in total. The topological polar surface area (TPSA) is 151 Å². The number of fused-ring (bicyclic) bond motifs is 2. The minimum atomic E-state index is -0.947. The molecular formula is C44H50N8O4. The highest BCUT2D eigenvalue weighted by Crippen LogP contribution is 2.34. The van der Waals surface area contributed by atoms with Gasteiger partial charge >= 0.3 is 0 Å². The summed E-state index contributed by atoms with van der Waals surface area (Å²) in [4.78, 5) is 37.9. The Morgan fingerprint density at radius 3 is 1.59 bits per heavy atom. The van der Waals surface area contributed by atoms with Crippen LogP contribution < -0.4 is 15.1 Å². The summed E-state index contributed by atoms with van der Waals surface area (Å²) in [6, 6.07) is 26.6. The van der Waals surface area contributed by atoms with Crippen molar-refractivity contribution in [3.63, 3.8) is 0 Å². The molecule has 12 heteroatoms. The van der Waals surface area contributed by atoms with Crippen molar-refractivity contribution in [3.05, 3.63) is 96.1 Å². The first kappa shape index (κ1) is 38.4. The predicted octanol–water partition coefficient (Wildman–Crippen LogP) is 6.09. The minimum Gasteiger partial charge on any atom is -0.507 e. The van der Waals surface area contributed by atoms with Gasteiger partial charge in [0.25, 0.3) is 5.91 Å². The van der Waals surface area contributed by atoms with Gasteiger partial charge in [-0.05, 0) is 85.8 Å². The molecule has 0 bridgehead atoms. The molecule has 0 saturated carbocycles. The first-order valence-electron chi connectivity index (χ1n) is 19.4. The van der Waals surface area contributed by atoms with Crippen LogP contribution in [0.25, 0.3) is 44.6 Å². The number of piperazine rings is 2. The lowest BCUT2D eigenvalue weighted by Crippen LogP contribution is -2.52. The molecule has 12 nitrogen and oxygen atoms in total. The molecule has 56 heavy (non-hydrogen) atoms. The van der Waals surface area contributed by atoms with Gasteiger partial charge in [-0.15, -0.1) is 0 Å². The fourth-order valence-corrected chi connectivity index (χ4v) is 7.27. The molecule has 4 heterocycles. The number of aliphatic hydroxyl groups is 1. The van der Waals surface area contributed by atoms with Crippen molar-refractivity contribution in [3.8, 4) is 34.3 Å². The summed E-state index contributed by atoms with van der Waals surface area (Å²) in [6.45, 7) is 14.1. The highest BCUT2D eigenvalue weighted by atomic mass is 16.3. The van der Waals surface area contributed by atoms with Gasteiger partial charge in [-0.3, -0.25) is 4.79 Å². The average Bonchev–Trinajstić information content (AvgIpc) is 3.20. The summed E-state index contributed by atoms with van der Waals surface area (Å²) in [5, 5.41) is 36.1. The number of para-hydroxylation sites is 2. The van der Waals surface area contributed by atoms with E-state index in [0.29, 0.717) is 55.4 Å². The molecule has 1 amide bonds. The van der Waals surface area contributed by atoms with Crippen LogP contribution in [0.1, 0.15) is 31.4 Å². The number of aromatic hydroxyl groups is 2. The third-order valence-electron chi connectivity index (χ3n) is 10.2. The smallest absolute Gasteiger partial charge is 0.251 e. The Hall–Kier alpha value is -5.85. The largest absolute Gasteiger partial charge is 0.507 e. The van der Waals surface area contributed by atoms with Crippen molar-refractivity contribution in [1.82, 2.24) is 30.2 Å². The highest BCUT2D eigenvalue weighted by Gasteiger charge is 2.28. The summed E-state index contributed by atoms with van der Waals surface area (Å²) in [7, 11) is 0. The van der Waals surface area contributed by atoms with E-state index in [9.17, 15) is 20.1 Å². The van der Waals surface area contributed by atoms with Crippen LogP contribution in [-0.2, 0) is 4.79 Å². The zero-order chi connectivity index (χ0) is 39.3. The lowest BCUT2D eigenvalue weighted by Gasteiger charge is -2.37. The monoisotopic (exact) mass is 754 g/mol. The lowest BCUT2D eigenvalue weighted by atomic mass is 10.0. The van der Waals surface area contributed by atoms with Crippen molar-refractivity contribution >= 4 is 39.3 Å². The van der Waals surface area contributed by atoms with E-state index in [2.05, 4.69) is 40.2 Å². The van der Waals surface area contributed by atoms with Crippen molar-refractivity contribution in [1.29, 1.82) is 0 Å². The van der Waals surface area contributed by atoms with Crippen LogP contribution in [0.4, 0.5) is 11.6 Å². The molecule has 0 spiro atoms. The van der Waals surface area contributed by atoms with Crippen LogP contribution in [0.3, 0.4) is 0 Å². The third-order valence-corrected chi connectivity index (χ3v) is 10.2. The maximum atomic E-state index is 12.6. The second-order valence-corrected chi connectivity index (χ2v) is 15.0. The standard InChI is InChI=1S/C25H30N4O3.C19H20N4O/c1-16(2)14-22(31)25(32)29-12-10-28(11-13-29)24-18-9-8-17(3)15-20(18)26-23(27-24)19-6-4-5-7-21(19)30;1-13-6-7-14-16(12-13)21-18(15-4-2-3-5-17(15)24)22-19(14)23-10-8-20-9-11-23/h4-9,15-16,22,30-31H,10-14H2,1-3H3;2-7,12,20,24H,8-11H2,1H3/t22-;/m0./s1. The lowest BCUT2D eigenvalue weighted by molar-refractivity contribution is -0.141. The van der Waals surface area contributed by atoms with Crippen molar-refractivity contribution in [2.24, 2.45) is 5.92 Å². The van der Waals surface area contributed by atoms with E-state index >= 15 is 0 Å². The summed E-state index contributed by atoms with van der Waals surface area (Å²) in [5.74, 6) is 3.19. The Kier molecular flexibility index (Phi) is 11.6. The molecule has 290 valence electrons. The minimum absolute atomic E-state index is 0.139. The second kappa shape index (κ2) is 16.9. The number of aromatic nitrogens is 4. The number of nitrogens with one attached hydrogen (secondary N) is 1. The predicted molar refractivity (Wildman–Crippen MR) is 222 cm³/mol. The summed E-state index contributed by atoms with van der Waals surface area (Å²) >= 11 is 0. The molecule has 2 aliphatic heterocycles. The van der Waals surface area contributed by atoms with E-state index in [1.807, 2.05) is 63.2 Å². The van der Waals surface area contributed by atoms with Crippen molar-refractivity contribution < 1.29 is 20.1 Å². The zero-order valence-corrected chi connectivity index (χ0v) is 32.5. The number of phenols is 2.